The zero-order valence-electron chi connectivity index (χ0n) is 14.9. The van der Waals surface area contributed by atoms with E-state index in [1.807, 2.05) is 0 Å². The van der Waals surface area contributed by atoms with Gasteiger partial charge in [0, 0.05) is 5.56 Å². The lowest BCUT2D eigenvalue weighted by Crippen LogP contribution is -2.73. The van der Waals surface area contributed by atoms with E-state index >= 15 is 0 Å². The van der Waals surface area contributed by atoms with E-state index < -0.39 is 8.07 Å². The van der Waals surface area contributed by atoms with Gasteiger partial charge in [-0.25, -0.2) is 0 Å². The van der Waals surface area contributed by atoms with E-state index in [9.17, 15) is 0 Å². The first-order valence-corrected chi connectivity index (χ1v) is 11.2. The molecule has 1 aliphatic heterocycles. The molecule has 0 aliphatic carbocycles. The normalized spacial score (nSPS) is 13.4. The molecule has 0 aromatic heterocycles. The maximum atomic E-state index is 6.01. The first-order valence-electron chi connectivity index (χ1n) is 9.18. The lowest BCUT2D eigenvalue weighted by molar-refractivity contribution is 1.67. The fourth-order valence-corrected chi connectivity index (χ4v) is 9.96. The van der Waals surface area contributed by atoms with E-state index in [1.165, 1.54) is 31.9 Å². The van der Waals surface area contributed by atoms with E-state index in [0.717, 1.165) is 5.56 Å². The second kappa shape index (κ2) is 6.12. The molecule has 0 amide bonds. The molecule has 0 N–H and O–H groups in total. The second-order valence-corrected chi connectivity index (χ2v) is 10.6. The van der Waals surface area contributed by atoms with Crippen molar-refractivity contribution in [3.8, 4) is 23.5 Å². The van der Waals surface area contributed by atoms with Crippen molar-refractivity contribution in [2.45, 2.75) is 0 Å². The molecular formula is C26H18Si. The Balaban J connectivity index is 2.03. The number of rotatable bonds is 2. The smallest absolute Gasteiger partial charge is 0.115 e. The van der Waals surface area contributed by atoms with Crippen LogP contribution in [0.3, 0.4) is 0 Å². The third-order valence-corrected chi connectivity index (χ3v) is 10.6. The minimum absolute atomic E-state index is 1.02. The monoisotopic (exact) mass is 358 g/mol. The van der Waals surface area contributed by atoms with Crippen LogP contribution >= 0.6 is 0 Å². The second-order valence-electron chi connectivity index (χ2n) is 6.90. The van der Waals surface area contributed by atoms with Crippen molar-refractivity contribution < 1.29 is 0 Å². The molecule has 0 saturated heterocycles. The maximum Gasteiger partial charge on any atom is 0.182 e. The summed E-state index contributed by atoms with van der Waals surface area (Å²) in [5, 5.41) is 5.54. The number of fused-ring (bicyclic) bond motifs is 3. The van der Waals surface area contributed by atoms with Gasteiger partial charge < -0.3 is 0 Å². The van der Waals surface area contributed by atoms with Gasteiger partial charge in [0.05, 0.1) is 0 Å². The van der Waals surface area contributed by atoms with Gasteiger partial charge >= 0.3 is 0 Å². The van der Waals surface area contributed by atoms with Crippen LogP contribution < -0.4 is 20.7 Å². The van der Waals surface area contributed by atoms with Gasteiger partial charge in [0.1, 0.15) is 0 Å². The summed E-state index contributed by atoms with van der Waals surface area (Å²) in [5.74, 6) is 2.99. The van der Waals surface area contributed by atoms with Crippen LogP contribution in [0, 0.1) is 12.3 Å². The summed E-state index contributed by atoms with van der Waals surface area (Å²) in [5.41, 5.74) is 3.63. The van der Waals surface area contributed by atoms with Crippen molar-refractivity contribution in [1.82, 2.24) is 0 Å². The molecule has 0 spiro atoms. The van der Waals surface area contributed by atoms with Gasteiger partial charge in [0.2, 0.25) is 0 Å². The summed E-state index contributed by atoms with van der Waals surface area (Å²) < 4.78 is 0. The van der Waals surface area contributed by atoms with Gasteiger partial charge in [0.25, 0.3) is 0 Å². The molecule has 27 heavy (non-hydrogen) atoms. The van der Waals surface area contributed by atoms with Crippen LogP contribution in [0.2, 0.25) is 0 Å². The fraction of sp³-hybridized carbons (Fsp3) is 0. The summed E-state index contributed by atoms with van der Waals surface area (Å²) in [7, 11) is -2.43. The Kier molecular flexibility index (Phi) is 3.60. The molecule has 0 bridgehead atoms. The largest absolute Gasteiger partial charge is 0.182 e. The Morgan fingerprint density at radius 3 is 1.74 bits per heavy atom. The molecular weight excluding hydrogens is 340 g/mol. The molecule has 0 saturated carbocycles. The van der Waals surface area contributed by atoms with Crippen molar-refractivity contribution in [3.63, 3.8) is 0 Å². The molecule has 0 fully saturated rings. The predicted molar refractivity (Wildman–Crippen MR) is 117 cm³/mol. The molecule has 4 aromatic rings. The van der Waals surface area contributed by atoms with E-state index in [0.29, 0.717) is 0 Å². The predicted octanol–water partition coefficient (Wildman–Crippen LogP) is 3.03. The van der Waals surface area contributed by atoms with Crippen molar-refractivity contribution >= 4 is 28.8 Å². The molecule has 5 rings (SSSR count). The van der Waals surface area contributed by atoms with Crippen molar-refractivity contribution in [1.29, 1.82) is 0 Å². The molecule has 1 heteroatoms. The Labute approximate surface area is 161 Å². The standard InChI is InChI=1S/C26H18Si/c1-2-20-12-11-18-24-23-17-9-10-19-25(23)27(26(20)24,21-13-5-3-6-14-21)22-15-7-4-8-16-22/h1,3-19H. The third-order valence-electron chi connectivity index (χ3n) is 5.63. The van der Waals surface area contributed by atoms with Crippen LogP contribution in [0.1, 0.15) is 5.56 Å². The van der Waals surface area contributed by atoms with Crippen molar-refractivity contribution in [2.24, 2.45) is 0 Å². The summed E-state index contributed by atoms with van der Waals surface area (Å²) in [6, 6.07) is 37.1. The van der Waals surface area contributed by atoms with Crippen molar-refractivity contribution in [3.05, 3.63) is 109 Å². The van der Waals surface area contributed by atoms with Crippen molar-refractivity contribution in [2.75, 3.05) is 0 Å². The van der Waals surface area contributed by atoms with Gasteiger partial charge in [-0.05, 0) is 37.9 Å². The number of benzene rings is 4. The highest BCUT2D eigenvalue weighted by molar-refractivity contribution is 7.22. The molecule has 126 valence electrons. The Bertz CT molecular complexity index is 1130. The van der Waals surface area contributed by atoms with Crippen LogP contribution in [0.4, 0.5) is 0 Å². The topological polar surface area (TPSA) is 0 Å². The number of terminal acetylenes is 1. The summed E-state index contributed by atoms with van der Waals surface area (Å²) in [6.07, 6.45) is 6.01. The highest BCUT2D eigenvalue weighted by atomic mass is 28.3. The molecule has 1 aliphatic rings. The molecule has 0 nitrogen and oxygen atoms in total. The maximum absolute atomic E-state index is 6.01. The average molecular weight is 359 g/mol. The highest BCUT2D eigenvalue weighted by Crippen LogP contribution is 2.29. The van der Waals surface area contributed by atoms with E-state index in [2.05, 4.69) is 109 Å². The van der Waals surface area contributed by atoms with Crippen LogP contribution in [-0.2, 0) is 0 Å². The fourth-order valence-electron chi connectivity index (χ4n) is 4.62. The Morgan fingerprint density at radius 2 is 1.11 bits per heavy atom. The first-order chi connectivity index (χ1) is 13.4. The van der Waals surface area contributed by atoms with E-state index in [4.69, 9.17) is 6.42 Å². The summed E-state index contributed by atoms with van der Waals surface area (Å²) in [6.45, 7) is 0. The van der Waals surface area contributed by atoms with Crippen LogP contribution in [0.15, 0.2) is 103 Å². The zero-order valence-corrected chi connectivity index (χ0v) is 15.9. The Hall–Kier alpha value is -3.34. The van der Waals surface area contributed by atoms with Gasteiger partial charge in [0.15, 0.2) is 8.07 Å². The van der Waals surface area contributed by atoms with Gasteiger partial charge in [-0.15, -0.1) is 6.42 Å². The first kappa shape index (κ1) is 15.9. The SMILES string of the molecule is C#Cc1cccc2c1[Si](c1ccccc1)(c1ccccc1)c1ccccc1-2. The van der Waals surface area contributed by atoms with Crippen LogP contribution in [-0.4, -0.2) is 8.07 Å². The summed E-state index contributed by atoms with van der Waals surface area (Å²) >= 11 is 0. The van der Waals surface area contributed by atoms with Gasteiger partial charge in [-0.1, -0.05) is 103 Å². The number of hydrogen-bond acceptors (Lipinski definition) is 0. The quantitative estimate of drug-likeness (QED) is 0.336. The van der Waals surface area contributed by atoms with Crippen LogP contribution in [0.25, 0.3) is 11.1 Å². The molecule has 1 heterocycles. The minimum atomic E-state index is -2.43. The lowest BCUT2D eigenvalue weighted by Gasteiger charge is -2.32. The minimum Gasteiger partial charge on any atom is -0.115 e. The lowest BCUT2D eigenvalue weighted by atomic mass is 10.0. The van der Waals surface area contributed by atoms with Gasteiger partial charge in [-0.2, -0.15) is 0 Å². The van der Waals surface area contributed by atoms with E-state index in [-0.39, 0.29) is 0 Å². The molecule has 0 unspecified atom stereocenters. The average Bonchev–Trinajstić information content (AvgIpc) is 3.07. The molecule has 4 aromatic carbocycles. The Morgan fingerprint density at radius 1 is 0.556 bits per heavy atom. The highest BCUT2D eigenvalue weighted by Gasteiger charge is 2.49. The number of hydrogen-bond donors (Lipinski definition) is 0. The van der Waals surface area contributed by atoms with Gasteiger partial charge in [-0.3, -0.25) is 0 Å². The summed E-state index contributed by atoms with van der Waals surface area (Å²) in [4.78, 5) is 0. The van der Waals surface area contributed by atoms with E-state index in [1.54, 1.807) is 0 Å². The zero-order chi connectivity index (χ0) is 18.3. The molecule has 0 radical (unpaired) electrons. The third kappa shape index (κ3) is 2.11. The molecule has 0 atom stereocenters. The van der Waals surface area contributed by atoms with Crippen LogP contribution in [0.5, 0.6) is 0 Å².